The monoisotopic (exact) mass is 274 g/mol. The maximum absolute atomic E-state index is 10.7. The summed E-state index contributed by atoms with van der Waals surface area (Å²) >= 11 is 0. The number of benzene rings is 1. The number of piperidine rings is 1. The highest BCUT2D eigenvalue weighted by molar-refractivity contribution is 5.26. The van der Waals surface area contributed by atoms with Crippen LogP contribution in [0.2, 0.25) is 0 Å². The molecule has 0 spiro atoms. The average Bonchev–Trinajstić information content (AvgIpc) is 2.48. The van der Waals surface area contributed by atoms with Crippen LogP contribution in [0.4, 0.5) is 0 Å². The first-order chi connectivity index (χ1) is 9.71. The van der Waals surface area contributed by atoms with Gasteiger partial charge in [0.2, 0.25) is 0 Å². The second-order valence-corrected chi connectivity index (χ2v) is 6.50. The highest BCUT2D eigenvalue weighted by atomic mass is 16.3. The van der Waals surface area contributed by atoms with Gasteiger partial charge in [-0.2, -0.15) is 0 Å². The Bertz CT molecular complexity index is 462. The molecule has 0 radical (unpaired) electrons. The summed E-state index contributed by atoms with van der Waals surface area (Å²) in [5, 5.41) is 10.7. The van der Waals surface area contributed by atoms with Gasteiger partial charge in [-0.25, -0.2) is 0 Å². The van der Waals surface area contributed by atoms with E-state index in [1.54, 1.807) is 0 Å². The first-order valence-corrected chi connectivity index (χ1v) is 7.93. The molecule has 2 aliphatic rings. The van der Waals surface area contributed by atoms with E-state index in [1.165, 1.54) is 30.4 Å². The van der Waals surface area contributed by atoms with Crippen molar-refractivity contribution >= 4 is 0 Å². The molecule has 1 aromatic rings. The number of nitrogens with two attached hydrogens (primary N) is 1. The van der Waals surface area contributed by atoms with Crippen LogP contribution in [0.25, 0.3) is 0 Å². The Labute approximate surface area is 121 Å². The molecule has 110 valence electrons. The molecule has 20 heavy (non-hydrogen) atoms. The Hall–Kier alpha value is -0.900. The van der Waals surface area contributed by atoms with Gasteiger partial charge >= 0.3 is 0 Å². The van der Waals surface area contributed by atoms with E-state index in [4.69, 9.17) is 5.73 Å². The lowest BCUT2D eigenvalue weighted by Crippen LogP contribution is -2.53. The topological polar surface area (TPSA) is 49.5 Å². The highest BCUT2D eigenvalue weighted by Crippen LogP contribution is 2.40. The molecule has 3 nitrogen and oxygen atoms in total. The van der Waals surface area contributed by atoms with Crippen molar-refractivity contribution in [3.05, 3.63) is 35.4 Å². The zero-order valence-corrected chi connectivity index (χ0v) is 12.2. The molecule has 0 amide bonds. The summed E-state index contributed by atoms with van der Waals surface area (Å²) < 4.78 is 0. The van der Waals surface area contributed by atoms with Crippen molar-refractivity contribution in [3.63, 3.8) is 0 Å². The highest BCUT2D eigenvalue weighted by Gasteiger charge is 2.42. The molecular weight excluding hydrogens is 248 g/mol. The maximum atomic E-state index is 10.7. The predicted octanol–water partition coefficient (Wildman–Crippen LogP) is 2.27. The van der Waals surface area contributed by atoms with Gasteiger partial charge in [0, 0.05) is 32.1 Å². The second kappa shape index (κ2) is 5.84. The molecule has 2 unspecified atom stereocenters. The minimum Gasteiger partial charge on any atom is -0.390 e. The van der Waals surface area contributed by atoms with Crippen molar-refractivity contribution in [1.29, 1.82) is 0 Å². The van der Waals surface area contributed by atoms with Crippen LogP contribution >= 0.6 is 0 Å². The van der Waals surface area contributed by atoms with Crippen molar-refractivity contribution in [2.75, 3.05) is 13.1 Å². The van der Waals surface area contributed by atoms with Crippen LogP contribution in [0.1, 0.15) is 43.2 Å². The maximum Gasteiger partial charge on any atom is 0.0700 e. The lowest BCUT2D eigenvalue weighted by molar-refractivity contribution is -0.0968. The number of hydrogen-bond acceptors (Lipinski definition) is 3. The van der Waals surface area contributed by atoms with Crippen LogP contribution in [-0.4, -0.2) is 28.7 Å². The van der Waals surface area contributed by atoms with Gasteiger partial charge in [0.15, 0.2) is 0 Å². The van der Waals surface area contributed by atoms with Crippen LogP contribution < -0.4 is 5.73 Å². The molecule has 0 bridgehead atoms. The average molecular weight is 274 g/mol. The molecule has 3 rings (SSSR count). The third kappa shape index (κ3) is 2.76. The lowest BCUT2D eigenvalue weighted by atomic mass is 9.71. The number of aliphatic hydroxyl groups is 1. The summed E-state index contributed by atoms with van der Waals surface area (Å²) in [7, 11) is 0. The van der Waals surface area contributed by atoms with Crippen LogP contribution in [-0.2, 0) is 13.1 Å². The normalized spacial score (nSPS) is 31.0. The lowest BCUT2D eigenvalue weighted by Gasteiger charge is -2.47. The zero-order valence-electron chi connectivity index (χ0n) is 12.2. The van der Waals surface area contributed by atoms with Crippen molar-refractivity contribution < 1.29 is 5.11 Å². The van der Waals surface area contributed by atoms with Crippen molar-refractivity contribution in [1.82, 2.24) is 4.90 Å². The van der Waals surface area contributed by atoms with Gasteiger partial charge in [0.1, 0.15) is 0 Å². The third-order valence-corrected chi connectivity index (χ3v) is 5.24. The second-order valence-electron chi connectivity index (χ2n) is 6.50. The predicted molar refractivity (Wildman–Crippen MR) is 81.1 cm³/mol. The molecule has 3 N–H and O–H groups in total. The Balaban J connectivity index is 1.67. The van der Waals surface area contributed by atoms with Gasteiger partial charge in [-0.15, -0.1) is 0 Å². The van der Waals surface area contributed by atoms with Gasteiger partial charge in [0.05, 0.1) is 5.60 Å². The van der Waals surface area contributed by atoms with E-state index in [1.807, 2.05) is 0 Å². The van der Waals surface area contributed by atoms with Crippen LogP contribution in [0.5, 0.6) is 0 Å². The van der Waals surface area contributed by atoms with Gasteiger partial charge in [-0.05, 0) is 30.4 Å². The van der Waals surface area contributed by atoms with E-state index in [0.717, 1.165) is 32.5 Å². The largest absolute Gasteiger partial charge is 0.390 e. The van der Waals surface area contributed by atoms with Gasteiger partial charge in [-0.1, -0.05) is 37.1 Å². The van der Waals surface area contributed by atoms with Crippen molar-refractivity contribution in [2.45, 2.75) is 50.8 Å². The fourth-order valence-electron chi connectivity index (χ4n) is 3.94. The Morgan fingerprint density at radius 3 is 2.80 bits per heavy atom. The number of likely N-dealkylation sites (tertiary alicyclic amines) is 1. The van der Waals surface area contributed by atoms with Gasteiger partial charge in [0.25, 0.3) is 0 Å². The van der Waals surface area contributed by atoms with Gasteiger partial charge < -0.3 is 10.8 Å². The van der Waals surface area contributed by atoms with E-state index in [0.29, 0.717) is 12.5 Å². The molecule has 2 fully saturated rings. The summed E-state index contributed by atoms with van der Waals surface area (Å²) in [6, 6.07) is 8.46. The fraction of sp³-hybridized carbons (Fsp3) is 0.647. The summed E-state index contributed by atoms with van der Waals surface area (Å²) in [5.74, 6) is 0.468. The van der Waals surface area contributed by atoms with Gasteiger partial charge in [-0.3, -0.25) is 4.90 Å². The molecule has 1 saturated heterocycles. The Morgan fingerprint density at radius 2 is 2.00 bits per heavy atom. The quantitative estimate of drug-likeness (QED) is 0.889. The Morgan fingerprint density at radius 1 is 1.20 bits per heavy atom. The summed E-state index contributed by atoms with van der Waals surface area (Å²) in [6.07, 6.45) is 5.60. The molecule has 3 heteroatoms. The first kappa shape index (κ1) is 14.1. The minimum atomic E-state index is -0.373. The van der Waals surface area contributed by atoms with Crippen molar-refractivity contribution in [3.8, 4) is 0 Å². The van der Waals surface area contributed by atoms with E-state index < -0.39 is 0 Å². The Kier molecular flexibility index (Phi) is 4.11. The van der Waals surface area contributed by atoms with Crippen LogP contribution in [0, 0.1) is 5.92 Å². The molecule has 1 saturated carbocycles. The molecule has 1 aliphatic heterocycles. The third-order valence-electron chi connectivity index (χ3n) is 5.24. The van der Waals surface area contributed by atoms with Crippen molar-refractivity contribution in [2.24, 2.45) is 11.7 Å². The van der Waals surface area contributed by atoms with E-state index in [-0.39, 0.29) is 5.60 Å². The summed E-state index contributed by atoms with van der Waals surface area (Å²) in [4.78, 5) is 2.50. The number of hydrogen-bond donors (Lipinski definition) is 2. The molecular formula is C17H26N2O. The molecule has 1 heterocycles. The van der Waals surface area contributed by atoms with Crippen LogP contribution in [0.3, 0.4) is 0 Å². The molecule has 1 aromatic carbocycles. The number of nitrogens with zero attached hydrogens (tertiary/aromatic N) is 1. The summed E-state index contributed by atoms with van der Waals surface area (Å²) in [5.41, 5.74) is 8.04. The molecule has 2 atom stereocenters. The first-order valence-electron chi connectivity index (χ1n) is 7.93. The van der Waals surface area contributed by atoms with E-state index in [2.05, 4.69) is 29.2 Å². The molecule has 1 aliphatic carbocycles. The van der Waals surface area contributed by atoms with E-state index >= 15 is 0 Å². The number of fused-ring (bicyclic) bond motifs is 1. The zero-order chi connectivity index (χ0) is 14.0. The van der Waals surface area contributed by atoms with E-state index in [9.17, 15) is 5.11 Å². The standard InChI is InChI=1S/C17H26N2O/c18-11-14-5-1-2-6-15(14)12-19-10-9-17(20)8-4-3-7-16(17)13-19/h1-2,5-6,16,20H,3-4,7-13,18H2. The minimum absolute atomic E-state index is 0.373. The molecule has 0 aromatic heterocycles. The smallest absolute Gasteiger partial charge is 0.0700 e. The van der Waals surface area contributed by atoms with Crippen LogP contribution in [0.15, 0.2) is 24.3 Å². The fourth-order valence-corrected chi connectivity index (χ4v) is 3.94. The SMILES string of the molecule is NCc1ccccc1CN1CCC2(O)CCCCC2C1. The summed E-state index contributed by atoms with van der Waals surface area (Å²) in [6.45, 7) is 3.62. The number of rotatable bonds is 3.